The topological polar surface area (TPSA) is 46.3 Å². The maximum atomic E-state index is 12.8. The van der Waals surface area contributed by atoms with Crippen LogP contribution in [0.4, 0.5) is 0 Å². The Bertz CT molecular complexity index is 495. The Morgan fingerprint density at radius 1 is 1.24 bits per heavy atom. The van der Waals surface area contributed by atoms with E-state index >= 15 is 0 Å². The minimum atomic E-state index is -0.377. The SMILES string of the molecule is CCC(CC)(CN)C(=O)N1CC=C(c2ccccc2)CC1. The first kappa shape index (κ1) is 15.8. The van der Waals surface area contributed by atoms with Crippen LogP contribution in [0.3, 0.4) is 0 Å². The van der Waals surface area contributed by atoms with Crippen molar-refractivity contribution < 1.29 is 4.79 Å². The molecule has 0 aliphatic carbocycles. The fraction of sp³-hybridized carbons (Fsp3) is 0.500. The van der Waals surface area contributed by atoms with Crippen molar-refractivity contribution >= 4 is 11.5 Å². The van der Waals surface area contributed by atoms with Gasteiger partial charge in [0.25, 0.3) is 0 Å². The molecule has 3 nitrogen and oxygen atoms in total. The highest BCUT2D eigenvalue weighted by atomic mass is 16.2. The number of carbonyl (C=O) groups excluding carboxylic acids is 1. The molecular formula is C18H26N2O. The Morgan fingerprint density at radius 2 is 1.90 bits per heavy atom. The first-order valence-electron chi connectivity index (χ1n) is 7.90. The van der Waals surface area contributed by atoms with Crippen LogP contribution in [-0.2, 0) is 4.79 Å². The van der Waals surface area contributed by atoms with Gasteiger partial charge in [-0.2, -0.15) is 0 Å². The van der Waals surface area contributed by atoms with Crippen LogP contribution in [0.15, 0.2) is 36.4 Å². The summed E-state index contributed by atoms with van der Waals surface area (Å²) < 4.78 is 0. The Morgan fingerprint density at radius 3 is 2.38 bits per heavy atom. The van der Waals surface area contributed by atoms with Crippen LogP contribution in [-0.4, -0.2) is 30.4 Å². The Balaban J connectivity index is 2.10. The van der Waals surface area contributed by atoms with Crippen LogP contribution < -0.4 is 5.73 Å². The van der Waals surface area contributed by atoms with Crippen molar-refractivity contribution in [3.8, 4) is 0 Å². The third-order valence-corrected chi connectivity index (χ3v) is 4.84. The second-order valence-corrected chi connectivity index (χ2v) is 5.79. The molecule has 1 aromatic carbocycles. The van der Waals surface area contributed by atoms with Crippen molar-refractivity contribution in [1.29, 1.82) is 0 Å². The highest BCUT2D eigenvalue weighted by molar-refractivity contribution is 5.84. The summed E-state index contributed by atoms with van der Waals surface area (Å²) in [6.07, 6.45) is 4.72. The van der Waals surface area contributed by atoms with E-state index in [0.717, 1.165) is 25.8 Å². The third kappa shape index (κ3) is 3.18. The van der Waals surface area contributed by atoms with Gasteiger partial charge in [0.15, 0.2) is 0 Å². The third-order valence-electron chi connectivity index (χ3n) is 4.84. The molecule has 0 unspecified atom stereocenters. The zero-order valence-electron chi connectivity index (χ0n) is 13.1. The highest BCUT2D eigenvalue weighted by Crippen LogP contribution is 2.30. The quantitative estimate of drug-likeness (QED) is 0.904. The largest absolute Gasteiger partial charge is 0.338 e. The monoisotopic (exact) mass is 286 g/mol. The lowest BCUT2D eigenvalue weighted by molar-refractivity contribution is -0.141. The molecule has 0 saturated heterocycles. The van der Waals surface area contributed by atoms with E-state index in [1.807, 2.05) is 11.0 Å². The molecule has 114 valence electrons. The van der Waals surface area contributed by atoms with Crippen LogP contribution >= 0.6 is 0 Å². The number of carbonyl (C=O) groups is 1. The summed E-state index contributed by atoms with van der Waals surface area (Å²) in [6, 6.07) is 10.4. The molecule has 1 heterocycles. The van der Waals surface area contributed by atoms with Gasteiger partial charge in [0, 0.05) is 19.6 Å². The van der Waals surface area contributed by atoms with E-state index in [0.29, 0.717) is 13.1 Å². The molecule has 0 radical (unpaired) electrons. The lowest BCUT2D eigenvalue weighted by atomic mass is 9.80. The number of nitrogens with two attached hydrogens (primary N) is 1. The van der Waals surface area contributed by atoms with Crippen LogP contribution in [0.25, 0.3) is 5.57 Å². The predicted molar refractivity (Wildman–Crippen MR) is 87.7 cm³/mol. The molecule has 0 bridgehead atoms. The fourth-order valence-electron chi connectivity index (χ4n) is 3.03. The van der Waals surface area contributed by atoms with Gasteiger partial charge in [0.05, 0.1) is 5.41 Å². The van der Waals surface area contributed by atoms with Crippen molar-refractivity contribution in [1.82, 2.24) is 4.90 Å². The van der Waals surface area contributed by atoms with E-state index in [2.05, 4.69) is 44.2 Å². The number of benzene rings is 1. The van der Waals surface area contributed by atoms with Crippen molar-refractivity contribution in [2.24, 2.45) is 11.1 Å². The molecule has 0 spiro atoms. The Kier molecular flexibility index (Phi) is 5.18. The molecule has 0 aromatic heterocycles. The number of amides is 1. The Hall–Kier alpha value is -1.61. The maximum absolute atomic E-state index is 12.8. The number of hydrogen-bond donors (Lipinski definition) is 1. The van der Waals surface area contributed by atoms with Crippen molar-refractivity contribution in [2.75, 3.05) is 19.6 Å². The summed E-state index contributed by atoms with van der Waals surface area (Å²) in [5, 5.41) is 0. The molecule has 0 saturated carbocycles. The summed E-state index contributed by atoms with van der Waals surface area (Å²) in [6.45, 7) is 6.05. The lowest BCUT2D eigenvalue weighted by Gasteiger charge is -2.36. The van der Waals surface area contributed by atoms with Gasteiger partial charge in [0.2, 0.25) is 5.91 Å². The molecule has 0 atom stereocenters. The summed E-state index contributed by atoms with van der Waals surface area (Å²) >= 11 is 0. The first-order valence-corrected chi connectivity index (χ1v) is 7.90. The smallest absolute Gasteiger partial charge is 0.230 e. The molecule has 1 aliphatic rings. The summed E-state index contributed by atoms with van der Waals surface area (Å²) in [7, 11) is 0. The molecule has 2 N–H and O–H groups in total. The molecule has 2 rings (SSSR count). The average molecular weight is 286 g/mol. The van der Waals surface area contributed by atoms with Crippen LogP contribution in [0.5, 0.6) is 0 Å². The van der Waals surface area contributed by atoms with Gasteiger partial charge in [-0.15, -0.1) is 0 Å². The number of nitrogens with zero attached hydrogens (tertiary/aromatic N) is 1. The van der Waals surface area contributed by atoms with E-state index in [1.54, 1.807) is 0 Å². The van der Waals surface area contributed by atoms with E-state index in [-0.39, 0.29) is 11.3 Å². The van der Waals surface area contributed by atoms with Gasteiger partial charge in [0.1, 0.15) is 0 Å². The van der Waals surface area contributed by atoms with Gasteiger partial charge < -0.3 is 10.6 Å². The van der Waals surface area contributed by atoms with Crippen LogP contribution in [0.2, 0.25) is 0 Å². The standard InChI is InChI=1S/C18H26N2O/c1-3-18(4-2,14-19)17(21)20-12-10-16(11-13-20)15-8-6-5-7-9-15/h5-10H,3-4,11-14,19H2,1-2H3. The summed E-state index contributed by atoms with van der Waals surface area (Å²) in [4.78, 5) is 14.7. The molecule has 21 heavy (non-hydrogen) atoms. The second kappa shape index (κ2) is 6.90. The average Bonchev–Trinajstić information content (AvgIpc) is 2.58. The zero-order valence-corrected chi connectivity index (χ0v) is 13.1. The molecule has 1 aromatic rings. The molecule has 1 aliphatic heterocycles. The Labute approximate surface area is 127 Å². The minimum absolute atomic E-state index is 0.221. The molecular weight excluding hydrogens is 260 g/mol. The van der Waals surface area contributed by atoms with Crippen molar-refractivity contribution in [3.63, 3.8) is 0 Å². The molecule has 3 heteroatoms. The van der Waals surface area contributed by atoms with E-state index < -0.39 is 0 Å². The normalized spacial score (nSPS) is 15.8. The molecule has 1 amide bonds. The zero-order chi connectivity index (χ0) is 15.3. The lowest BCUT2D eigenvalue weighted by Crippen LogP contribution is -2.48. The van der Waals surface area contributed by atoms with Crippen molar-refractivity contribution in [2.45, 2.75) is 33.1 Å². The van der Waals surface area contributed by atoms with Gasteiger partial charge in [-0.05, 0) is 30.4 Å². The predicted octanol–water partition coefficient (Wildman–Crippen LogP) is 3.07. The maximum Gasteiger partial charge on any atom is 0.230 e. The van der Waals surface area contributed by atoms with Gasteiger partial charge in [-0.1, -0.05) is 50.3 Å². The van der Waals surface area contributed by atoms with E-state index in [9.17, 15) is 4.79 Å². The minimum Gasteiger partial charge on any atom is -0.338 e. The number of rotatable bonds is 5. The van der Waals surface area contributed by atoms with Crippen LogP contribution in [0.1, 0.15) is 38.7 Å². The first-order chi connectivity index (χ1) is 10.2. The summed E-state index contributed by atoms with van der Waals surface area (Å²) in [5.74, 6) is 0.221. The van der Waals surface area contributed by atoms with E-state index in [4.69, 9.17) is 5.73 Å². The summed E-state index contributed by atoms with van der Waals surface area (Å²) in [5.41, 5.74) is 8.12. The van der Waals surface area contributed by atoms with Gasteiger partial charge >= 0.3 is 0 Å². The molecule has 0 fully saturated rings. The second-order valence-electron chi connectivity index (χ2n) is 5.79. The number of hydrogen-bond acceptors (Lipinski definition) is 2. The van der Waals surface area contributed by atoms with Crippen LogP contribution in [0, 0.1) is 5.41 Å². The van der Waals surface area contributed by atoms with E-state index in [1.165, 1.54) is 11.1 Å². The van der Waals surface area contributed by atoms with Crippen molar-refractivity contribution in [3.05, 3.63) is 42.0 Å². The van der Waals surface area contributed by atoms with Gasteiger partial charge in [-0.25, -0.2) is 0 Å². The van der Waals surface area contributed by atoms with Gasteiger partial charge in [-0.3, -0.25) is 4.79 Å². The highest BCUT2D eigenvalue weighted by Gasteiger charge is 2.37. The fourth-order valence-corrected chi connectivity index (χ4v) is 3.03.